The molecule has 17 heavy (non-hydrogen) atoms. The molecular weight excluding hydrogens is 210 g/mol. The molecule has 0 aliphatic carbocycles. The van der Waals surface area contributed by atoms with Gasteiger partial charge in [0.25, 0.3) is 0 Å². The zero-order chi connectivity index (χ0) is 13.4. The summed E-state index contributed by atoms with van der Waals surface area (Å²) < 4.78 is 0. The van der Waals surface area contributed by atoms with Crippen LogP contribution in [0.5, 0.6) is 0 Å². The van der Waals surface area contributed by atoms with Crippen molar-refractivity contribution in [1.82, 2.24) is 5.32 Å². The molecule has 1 unspecified atom stereocenters. The van der Waals surface area contributed by atoms with Crippen LogP contribution < -0.4 is 5.32 Å². The van der Waals surface area contributed by atoms with Crippen molar-refractivity contribution < 1.29 is 5.11 Å². The van der Waals surface area contributed by atoms with E-state index in [0.29, 0.717) is 0 Å². The molecule has 2 nitrogen and oxygen atoms in total. The second-order valence-electron chi connectivity index (χ2n) is 6.59. The highest BCUT2D eigenvalue weighted by atomic mass is 16.3. The van der Waals surface area contributed by atoms with Crippen molar-refractivity contribution in [2.24, 2.45) is 0 Å². The van der Waals surface area contributed by atoms with Gasteiger partial charge < -0.3 is 10.4 Å². The minimum atomic E-state index is -0.496. The molecule has 0 saturated carbocycles. The van der Waals surface area contributed by atoms with Gasteiger partial charge in [0, 0.05) is 5.54 Å². The topological polar surface area (TPSA) is 32.3 Å². The zero-order valence-electron chi connectivity index (χ0n) is 12.6. The van der Waals surface area contributed by atoms with Gasteiger partial charge in [-0.15, -0.1) is 0 Å². The van der Waals surface area contributed by atoms with Gasteiger partial charge in [-0.05, 0) is 47.1 Å². The number of hydrogen-bond donors (Lipinski definition) is 2. The van der Waals surface area contributed by atoms with Crippen LogP contribution >= 0.6 is 0 Å². The maximum Gasteiger partial charge on any atom is 0.0631 e. The van der Waals surface area contributed by atoms with E-state index < -0.39 is 5.60 Å². The Morgan fingerprint density at radius 2 is 1.47 bits per heavy atom. The summed E-state index contributed by atoms with van der Waals surface area (Å²) in [6.45, 7) is 11.6. The van der Waals surface area contributed by atoms with Crippen molar-refractivity contribution in [3.8, 4) is 0 Å². The average molecular weight is 243 g/mol. The van der Waals surface area contributed by atoms with E-state index in [-0.39, 0.29) is 5.54 Å². The van der Waals surface area contributed by atoms with Crippen LogP contribution in [0.2, 0.25) is 0 Å². The van der Waals surface area contributed by atoms with Crippen LogP contribution in [-0.4, -0.2) is 22.8 Å². The maximum atomic E-state index is 10.2. The molecule has 0 aromatic rings. The number of unbranched alkanes of at least 4 members (excludes halogenated alkanes) is 4. The van der Waals surface area contributed by atoms with Crippen LogP contribution in [0.15, 0.2) is 0 Å². The lowest BCUT2D eigenvalue weighted by molar-refractivity contribution is 0.0381. The van der Waals surface area contributed by atoms with Crippen molar-refractivity contribution in [3.05, 3.63) is 0 Å². The second-order valence-corrected chi connectivity index (χ2v) is 6.59. The third-order valence-corrected chi connectivity index (χ3v) is 3.14. The van der Waals surface area contributed by atoms with Crippen LogP contribution in [0.3, 0.4) is 0 Å². The van der Waals surface area contributed by atoms with Gasteiger partial charge in [-0.1, -0.05) is 39.0 Å². The molecule has 2 heteroatoms. The summed E-state index contributed by atoms with van der Waals surface area (Å²) in [5.74, 6) is 0. The number of hydrogen-bond acceptors (Lipinski definition) is 2. The quantitative estimate of drug-likeness (QED) is 0.602. The summed E-state index contributed by atoms with van der Waals surface area (Å²) in [5.41, 5.74) is -0.346. The molecule has 2 N–H and O–H groups in total. The molecule has 0 rings (SSSR count). The lowest BCUT2D eigenvalue weighted by atomic mass is 9.94. The minimum absolute atomic E-state index is 0.150. The van der Waals surface area contributed by atoms with Crippen LogP contribution in [0.25, 0.3) is 0 Å². The van der Waals surface area contributed by atoms with Gasteiger partial charge in [-0.3, -0.25) is 0 Å². The minimum Gasteiger partial charge on any atom is -0.390 e. The highest BCUT2D eigenvalue weighted by Crippen LogP contribution is 2.19. The summed E-state index contributed by atoms with van der Waals surface area (Å²) in [4.78, 5) is 0. The molecule has 0 aliphatic rings. The monoisotopic (exact) mass is 243 g/mol. The summed E-state index contributed by atoms with van der Waals surface area (Å²) in [7, 11) is 0. The molecule has 0 heterocycles. The molecule has 0 aromatic carbocycles. The van der Waals surface area contributed by atoms with E-state index in [4.69, 9.17) is 0 Å². The number of nitrogens with one attached hydrogen (secondary N) is 1. The Morgan fingerprint density at radius 3 is 2.00 bits per heavy atom. The summed E-state index contributed by atoms with van der Waals surface area (Å²) in [6, 6.07) is 0. The van der Waals surface area contributed by atoms with Crippen LogP contribution in [0.1, 0.15) is 79.6 Å². The molecule has 0 saturated heterocycles. The molecule has 1 atom stereocenters. The van der Waals surface area contributed by atoms with Crippen molar-refractivity contribution >= 4 is 0 Å². The average Bonchev–Trinajstić information content (AvgIpc) is 2.14. The van der Waals surface area contributed by atoms with Crippen molar-refractivity contribution in [2.45, 2.75) is 90.7 Å². The normalized spacial score (nSPS) is 15.9. The smallest absolute Gasteiger partial charge is 0.0631 e. The third-order valence-electron chi connectivity index (χ3n) is 3.14. The molecule has 0 spiro atoms. The molecule has 0 fully saturated rings. The molecule has 0 amide bonds. The van der Waals surface area contributed by atoms with E-state index in [9.17, 15) is 5.11 Å². The van der Waals surface area contributed by atoms with E-state index >= 15 is 0 Å². The zero-order valence-corrected chi connectivity index (χ0v) is 12.6. The fraction of sp³-hybridized carbons (Fsp3) is 1.00. The predicted octanol–water partition coefficient (Wildman–Crippen LogP) is 3.88. The Kier molecular flexibility index (Phi) is 8.06. The van der Waals surface area contributed by atoms with Crippen molar-refractivity contribution in [2.75, 3.05) is 6.54 Å². The summed E-state index contributed by atoms with van der Waals surface area (Å²) in [6.07, 6.45) is 8.12. The Balaban J connectivity index is 3.58. The van der Waals surface area contributed by atoms with Crippen LogP contribution in [0, 0.1) is 0 Å². The highest BCUT2D eigenvalue weighted by molar-refractivity contribution is 4.77. The van der Waals surface area contributed by atoms with Gasteiger partial charge in [0.15, 0.2) is 0 Å². The first-order chi connectivity index (χ1) is 7.77. The SMILES string of the molecule is CCCCCCCC(C)(O)CCNC(C)(C)C. The Hall–Kier alpha value is -0.0800. The van der Waals surface area contributed by atoms with Gasteiger partial charge in [0.2, 0.25) is 0 Å². The highest BCUT2D eigenvalue weighted by Gasteiger charge is 2.20. The first-order valence-electron chi connectivity index (χ1n) is 7.24. The molecule has 0 aromatic heterocycles. The fourth-order valence-electron chi connectivity index (χ4n) is 1.94. The summed E-state index contributed by atoms with van der Waals surface area (Å²) >= 11 is 0. The van der Waals surface area contributed by atoms with E-state index in [1.54, 1.807) is 0 Å². The van der Waals surface area contributed by atoms with Crippen LogP contribution in [0.4, 0.5) is 0 Å². The van der Waals surface area contributed by atoms with Gasteiger partial charge in [-0.25, -0.2) is 0 Å². The Labute approximate surface area is 108 Å². The van der Waals surface area contributed by atoms with E-state index in [0.717, 1.165) is 25.8 Å². The Morgan fingerprint density at radius 1 is 0.882 bits per heavy atom. The standard InChI is InChI=1S/C15H33NO/c1-6-7-8-9-10-11-15(5,17)12-13-16-14(2,3)4/h16-17H,6-13H2,1-5H3. The first-order valence-corrected chi connectivity index (χ1v) is 7.24. The van der Waals surface area contributed by atoms with Gasteiger partial charge in [0.05, 0.1) is 5.60 Å². The number of rotatable bonds is 9. The maximum absolute atomic E-state index is 10.2. The Bertz CT molecular complexity index is 182. The van der Waals surface area contributed by atoms with Crippen molar-refractivity contribution in [3.63, 3.8) is 0 Å². The second kappa shape index (κ2) is 8.10. The summed E-state index contributed by atoms with van der Waals surface area (Å²) in [5, 5.41) is 13.7. The van der Waals surface area contributed by atoms with Crippen molar-refractivity contribution in [1.29, 1.82) is 0 Å². The van der Waals surface area contributed by atoms with E-state index in [2.05, 4.69) is 33.0 Å². The van der Waals surface area contributed by atoms with Gasteiger partial charge >= 0.3 is 0 Å². The lowest BCUT2D eigenvalue weighted by Crippen LogP contribution is -2.39. The molecule has 0 bridgehead atoms. The van der Waals surface area contributed by atoms with E-state index in [1.807, 2.05) is 6.92 Å². The molecule has 104 valence electrons. The third kappa shape index (κ3) is 12.2. The van der Waals surface area contributed by atoms with Crippen LogP contribution in [-0.2, 0) is 0 Å². The first kappa shape index (κ1) is 16.9. The van der Waals surface area contributed by atoms with Gasteiger partial charge in [0.1, 0.15) is 0 Å². The number of aliphatic hydroxyl groups is 1. The fourth-order valence-corrected chi connectivity index (χ4v) is 1.94. The van der Waals surface area contributed by atoms with E-state index in [1.165, 1.54) is 25.7 Å². The molecule has 0 radical (unpaired) electrons. The largest absolute Gasteiger partial charge is 0.390 e. The predicted molar refractivity (Wildman–Crippen MR) is 76.4 cm³/mol. The molecular formula is C15H33NO. The lowest BCUT2D eigenvalue weighted by Gasteiger charge is -2.27. The molecule has 0 aliphatic heterocycles. The van der Waals surface area contributed by atoms with Gasteiger partial charge in [-0.2, -0.15) is 0 Å².